The molecule has 0 aliphatic heterocycles. The molecule has 49 valence electrons. The minimum Gasteiger partial charge on any atom is -0.196 e. The third kappa shape index (κ3) is 1.49. The number of rotatable bonds is 1. The van der Waals surface area contributed by atoms with Crippen LogP contribution in [0.2, 0.25) is 0 Å². The molecule has 0 saturated heterocycles. The Morgan fingerprint density at radius 2 is 1.90 bits per heavy atom. The van der Waals surface area contributed by atoms with Gasteiger partial charge in [-0.2, -0.15) is 5.26 Å². The Balaban J connectivity index is 2.88. The fraction of sp³-hybridized carbons (Fsp3) is 0. The summed E-state index contributed by atoms with van der Waals surface area (Å²) in [4.78, 5) is 0. The molecule has 0 spiro atoms. The Morgan fingerprint density at radius 3 is 2.40 bits per heavy atom. The molecule has 1 radical (unpaired) electrons. The molecular formula is C8H5ClN. The minimum absolute atomic E-state index is 0.237. The van der Waals surface area contributed by atoms with Crippen LogP contribution in [0.5, 0.6) is 0 Å². The van der Waals surface area contributed by atoms with Crippen molar-refractivity contribution >= 4 is 11.6 Å². The molecule has 10 heavy (non-hydrogen) atoms. The van der Waals surface area contributed by atoms with Crippen molar-refractivity contribution in [2.75, 3.05) is 0 Å². The predicted octanol–water partition coefficient (Wildman–Crippen LogP) is 2.33. The number of hydrogen-bond acceptors (Lipinski definition) is 1. The van der Waals surface area contributed by atoms with Crippen LogP contribution in [0.3, 0.4) is 0 Å². The van der Waals surface area contributed by atoms with Crippen molar-refractivity contribution in [3.63, 3.8) is 0 Å². The SMILES string of the molecule is N#C[C](Cl)c1ccccc1. The third-order valence-electron chi connectivity index (χ3n) is 1.13. The summed E-state index contributed by atoms with van der Waals surface area (Å²) < 4.78 is 0. The molecule has 0 atom stereocenters. The van der Waals surface area contributed by atoms with E-state index in [1.54, 1.807) is 12.1 Å². The highest BCUT2D eigenvalue weighted by Gasteiger charge is 2.04. The van der Waals surface area contributed by atoms with Gasteiger partial charge in [0.15, 0.2) is 5.38 Å². The lowest BCUT2D eigenvalue weighted by Crippen LogP contribution is -1.84. The molecule has 0 N–H and O–H groups in total. The molecule has 1 aromatic carbocycles. The lowest BCUT2D eigenvalue weighted by atomic mass is 10.2. The van der Waals surface area contributed by atoms with Crippen molar-refractivity contribution in [2.45, 2.75) is 0 Å². The highest BCUT2D eigenvalue weighted by Crippen LogP contribution is 2.16. The van der Waals surface area contributed by atoms with Crippen LogP contribution in [0, 0.1) is 16.7 Å². The molecule has 1 aromatic rings. The minimum atomic E-state index is 0.237. The molecule has 2 heteroatoms. The van der Waals surface area contributed by atoms with E-state index in [4.69, 9.17) is 16.9 Å². The normalized spacial score (nSPS) is 9.30. The molecule has 0 amide bonds. The zero-order valence-electron chi connectivity index (χ0n) is 5.21. The molecule has 0 fully saturated rings. The van der Waals surface area contributed by atoms with Crippen LogP contribution in [0.4, 0.5) is 0 Å². The molecule has 0 saturated carbocycles. The Labute approximate surface area is 64.9 Å². The summed E-state index contributed by atoms with van der Waals surface area (Å²) >= 11 is 5.55. The summed E-state index contributed by atoms with van der Waals surface area (Å²) in [5, 5.41) is 8.61. The smallest absolute Gasteiger partial charge is 0.192 e. The van der Waals surface area contributed by atoms with Crippen LogP contribution in [-0.4, -0.2) is 0 Å². The lowest BCUT2D eigenvalue weighted by molar-refractivity contribution is 1.42. The summed E-state index contributed by atoms with van der Waals surface area (Å²) in [5.74, 6) is 0. The Kier molecular flexibility index (Phi) is 2.30. The van der Waals surface area contributed by atoms with Crippen LogP contribution in [0.15, 0.2) is 30.3 Å². The highest BCUT2D eigenvalue weighted by molar-refractivity contribution is 6.31. The van der Waals surface area contributed by atoms with E-state index in [1.165, 1.54) is 0 Å². The van der Waals surface area contributed by atoms with Gasteiger partial charge in [0, 0.05) is 0 Å². The zero-order valence-corrected chi connectivity index (χ0v) is 5.97. The molecule has 0 unspecified atom stereocenters. The van der Waals surface area contributed by atoms with E-state index < -0.39 is 0 Å². The maximum atomic E-state index is 8.37. The molecule has 0 bridgehead atoms. The van der Waals surface area contributed by atoms with Crippen molar-refractivity contribution in [3.8, 4) is 6.07 Å². The van der Waals surface area contributed by atoms with Crippen molar-refractivity contribution in [3.05, 3.63) is 41.3 Å². The van der Waals surface area contributed by atoms with Gasteiger partial charge in [0.2, 0.25) is 0 Å². The fourth-order valence-corrected chi connectivity index (χ4v) is 0.775. The van der Waals surface area contributed by atoms with Crippen LogP contribution < -0.4 is 0 Å². The molecule has 1 nitrogen and oxygen atoms in total. The summed E-state index contributed by atoms with van der Waals surface area (Å²) in [7, 11) is 0. The number of hydrogen-bond donors (Lipinski definition) is 0. The van der Waals surface area contributed by atoms with Crippen LogP contribution in [-0.2, 0) is 0 Å². The molecule has 1 rings (SSSR count). The van der Waals surface area contributed by atoms with Gasteiger partial charge in [-0.05, 0) is 5.56 Å². The Bertz CT molecular complexity index is 237. The molecule has 0 aromatic heterocycles. The van der Waals surface area contributed by atoms with Gasteiger partial charge in [0.05, 0.1) is 6.07 Å². The van der Waals surface area contributed by atoms with Crippen molar-refractivity contribution in [2.24, 2.45) is 0 Å². The molecule has 0 aliphatic rings. The van der Waals surface area contributed by atoms with E-state index >= 15 is 0 Å². The Morgan fingerprint density at radius 1 is 1.30 bits per heavy atom. The highest BCUT2D eigenvalue weighted by atomic mass is 35.5. The van der Waals surface area contributed by atoms with Gasteiger partial charge in [0.1, 0.15) is 0 Å². The zero-order chi connectivity index (χ0) is 7.40. The molecule has 0 aliphatic carbocycles. The van der Waals surface area contributed by atoms with E-state index in [0.29, 0.717) is 0 Å². The van der Waals surface area contributed by atoms with Gasteiger partial charge >= 0.3 is 0 Å². The van der Waals surface area contributed by atoms with E-state index in [2.05, 4.69) is 0 Å². The van der Waals surface area contributed by atoms with E-state index in [0.717, 1.165) is 5.56 Å². The van der Waals surface area contributed by atoms with E-state index in [9.17, 15) is 0 Å². The molecule has 0 heterocycles. The van der Waals surface area contributed by atoms with Crippen LogP contribution >= 0.6 is 11.6 Å². The van der Waals surface area contributed by atoms with Gasteiger partial charge in [0.25, 0.3) is 0 Å². The second-order valence-electron chi connectivity index (χ2n) is 1.79. The number of benzene rings is 1. The number of nitrogens with zero attached hydrogens (tertiary/aromatic N) is 1. The average molecular weight is 151 g/mol. The first-order chi connectivity index (χ1) is 4.84. The van der Waals surface area contributed by atoms with Crippen LogP contribution in [0.25, 0.3) is 0 Å². The van der Waals surface area contributed by atoms with Crippen LogP contribution in [0.1, 0.15) is 5.56 Å². The summed E-state index contributed by atoms with van der Waals surface area (Å²) in [6.45, 7) is 0. The predicted molar refractivity (Wildman–Crippen MR) is 40.3 cm³/mol. The monoisotopic (exact) mass is 150 g/mol. The van der Waals surface area contributed by atoms with Gasteiger partial charge < -0.3 is 0 Å². The van der Waals surface area contributed by atoms with Gasteiger partial charge in [-0.1, -0.05) is 41.9 Å². The van der Waals surface area contributed by atoms with E-state index in [1.807, 2.05) is 24.3 Å². The quantitative estimate of drug-likeness (QED) is 0.603. The number of nitriles is 1. The van der Waals surface area contributed by atoms with Gasteiger partial charge in [-0.3, -0.25) is 0 Å². The second kappa shape index (κ2) is 3.24. The maximum Gasteiger partial charge on any atom is 0.192 e. The summed E-state index contributed by atoms with van der Waals surface area (Å²) in [6.07, 6.45) is 0. The summed E-state index contributed by atoms with van der Waals surface area (Å²) in [6, 6.07) is 11.0. The van der Waals surface area contributed by atoms with Crippen molar-refractivity contribution in [1.29, 1.82) is 5.26 Å². The van der Waals surface area contributed by atoms with Crippen molar-refractivity contribution in [1.82, 2.24) is 0 Å². The molecular weight excluding hydrogens is 146 g/mol. The maximum absolute atomic E-state index is 8.37. The first-order valence-electron chi connectivity index (χ1n) is 2.82. The largest absolute Gasteiger partial charge is 0.196 e. The fourth-order valence-electron chi connectivity index (χ4n) is 0.649. The van der Waals surface area contributed by atoms with Crippen molar-refractivity contribution < 1.29 is 0 Å². The second-order valence-corrected chi connectivity index (χ2v) is 2.17. The first kappa shape index (κ1) is 7.11. The third-order valence-corrected chi connectivity index (χ3v) is 1.43. The number of halogens is 1. The van der Waals surface area contributed by atoms with E-state index in [-0.39, 0.29) is 5.38 Å². The topological polar surface area (TPSA) is 23.8 Å². The average Bonchev–Trinajstić information content (AvgIpc) is 2.05. The lowest BCUT2D eigenvalue weighted by Gasteiger charge is -1.95. The van der Waals surface area contributed by atoms with Gasteiger partial charge in [-0.15, -0.1) is 0 Å². The Hall–Kier alpha value is -1.00. The first-order valence-corrected chi connectivity index (χ1v) is 3.20. The standard InChI is InChI=1S/C8H5ClN/c9-8(6-10)7-4-2-1-3-5-7/h1-5H. The summed E-state index contributed by atoms with van der Waals surface area (Å²) in [5.41, 5.74) is 0.770. The van der Waals surface area contributed by atoms with Gasteiger partial charge in [-0.25, -0.2) is 0 Å².